The number of rotatable bonds is 19. The molecular weight excluding hydrogens is 1950 g/mol. The van der Waals surface area contributed by atoms with Gasteiger partial charge in [0.2, 0.25) is 11.4 Å². The van der Waals surface area contributed by atoms with Gasteiger partial charge in [-0.3, -0.25) is 15.0 Å². The molecule has 0 amide bonds. The van der Waals surface area contributed by atoms with Gasteiger partial charge in [0.1, 0.15) is 36.4 Å². The van der Waals surface area contributed by atoms with Gasteiger partial charge in [-0.05, 0) is 281 Å². The molecular formula is C133H114IN5O10. The van der Waals surface area contributed by atoms with Crippen LogP contribution in [0.4, 0.5) is 0 Å². The Kier molecular flexibility index (Phi) is 31.9. The van der Waals surface area contributed by atoms with Gasteiger partial charge in [-0.25, -0.2) is 0 Å². The summed E-state index contributed by atoms with van der Waals surface area (Å²) in [6, 6.07) is 137. The highest BCUT2D eigenvalue weighted by atomic mass is 127. The molecule has 15 nitrogen and oxygen atoms in total. The second-order valence-corrected chi connectivity index (χ2v) is 37.3. The van der Waals surface area contributed by atoms with Crippen molar-refractivity contribution in [3.8, 4) is 101 Å². The second kappa shape index (κ2) is 46.3. The van der Waals surface area contributed by atoms with Gasteiger partial charge < -0.3 is 81.1 Å². The summed E-state index contributed by atoms with van der Waals surface area (Å²) in [7, 11) is 4.13. The van der Waals surface area contributed by atoms with Gasteiger partial charge in [-0.1, -0.05) is 255 Å². The fourth-order valence-electron chi connectivity index (χ4n) is 20.2. The lowest BCUT2D eigenvalue weighted by atomic mass is 9.93. The molecule has 738 valence electrons. The van der Waals surface area contributed by atoms with Gasteiger partial charge in [0.05, 0.1) is 75.5 Å². The van der Waals surface area contributed by atoms with Crippen LogP contribution in [0.3, 0.4) is 0 Å². The van der Waals surface area contributed by atoms with Crippen LogP contribution in [-0.4, -0.2) is 55.8 Å². The van der Waals surface area contributed by atoms with Gasteiger partial charge in [0, 0.05) is 114 Å². The Bertz CT molecular complexity index is 8900. The van der Waals surface area contributed by atoms with E-state index in [0.717, 1.165) is 234 Å². The van der Waals surface area contributed by atoms with Gasteiger partial charge in [0.25, 0.3) is 0 Å². The number of aliphatic hydroxyl groups excluding tert-OH is 8. The zero-order valence-electron chi connectivity index (χ0n) is 84.1. The maximum absolute atomic E-state index is 9.83. The van der Waals surface area contributed by atoms with Crippen molar-refractivity contribution in [3.63, 3.8) is 0 Å². The van der Waals surface area contributed by atoms with Crippen LogP contribution in [0.1, 0.15) is 78.4 Å². The molecule has 0 saturated carbocycles. The van der Waals surface area contributed by atoms with E-state index >= 15 is 0 Å². The third kappa shape index (κ3) is 21.7. The number of pyridine rings is 5. The molecule has 0 atom stereocenters. The summed E-state index contributed by atoms with van der Waals surface area (Å²) < 4.78 is 16.8. The number of nitrogens with zero attached hydrogens (tertiary/aromatic N) is 5. The fourth-order valence-corrected chi connectivity index (χ4v) is 20.2. The van der Waals surface area contributed by atoms with Gasteiger partial charge in [-0.15, -0.1) is 0 Å². The smallest absolute Gasteiger partial charge is 0.216 e. The zero-order valence-corrected chi connectivity index (χ0v) is 86.2. The highest BCUT2D eigenvalue weighted by Crippen LogP contribution is 2.43. The molecule has 0 spiro atoms. The SMILES string of the molecule is Cc1c2cc(CO)c(CO)cc2cc(-c2cc(-c3ccccc3)cc(-c3ccccc3)c2)[n+]1C.Cc1c2cc(CO)c(CO)cc2cc(-c2cccc3c2oc2ccccc23)[n+]1C.Cc1nc(-c2cc(-c3ccccc3)cc(-c3ccccc3)c2)cc2cc(CO)c(CO)cc12.Cc1nc(-c2cccc3c2oc2ccccc23)cc2cc(CO)c(CO)cc12.[CH3-].[I-].c1ccc(Cc2cccc(-c3cc4ccccc4cn3)c2)cc1. The number of hydrogen-bond acceptors (Lipinski definition) is 13. The number of fused-ring (bicyclic) bond motifs is 11. The Morgan fingerprint density at radius 3 is 1.01 bits per heavy atom. The number of aromatic nitrogens is 5. The van der Waals surface area contributed by atoms with Crippen molar-refractivity contribution >= 4 is 97.7 Å². The van der Waals surface area contributed by atoms with Crippen LogP contribution in [0.25, 0.3) is 199 Å². The number of aliphatic hydroxyl groups is 8. The van der Waals surface area contributed by atoms with Crippen LogP contribution in [-0.2, 0) is 73.4 Å². The van der Waals surface area contributed by atoms with Crippen LogP contribution >= 0.6 is 0 Å². The topological polar surface area (TPSA) is 235 Å². The van der Waals surface area contributed by atoms with Gasteiger partial charge >= 0.3 is 0 Å². The number of halogens is 1. The second-order valence-electron chi connectivity index (χ2n) is 37.3. The molecule has 0 aliphatic carbocycles. The summed E-state index contributed by atoms with van der Waals surface area (Å²) in [5.74, 6) is 0. The number of aryl methyl sites for hydroxylation is 4. The highest BCUT2D eigenvalue weighted by Gasteiger charge is 2.26. The Balaban J connectivity index is 0.000000122. The van der Waals surface area contributed by atoms with E-state index in [4.69, 9.17) is 18.8 Å². The van der Waals surface area contributed by atoms with E-state index in [2.05, 4.69) is 302 Å². The minimum atomic E-state index is -0.109. The summed E-state index contributed by atoms with van der Waals surface area (Å²) in [5.41, 5.74) is 35.5. The summed E-state index contributed by atoms with van der Waals surface area (Å²) in [6.07, 6.45) is 2.90. The summed E-state index contributed by atoms with van der Waals surface area (Å²) in [4.78, 5) is 14.4. The van der Waals surface area contributed by atoms with Crippen molar-refractivity contribution < 1.29 is 82.8 Å². The average Bonchev–Trinajstić information content (AvgIpc) is 1.63. The molecule has 17 aromatic carbocycles. The fraction of sp³-hybridized carbons (Fsp3) is 0.113. The molecule has 0 fully saturated rings. The van der Waals surface area contributed by atoms with Crippen LogP contribution in [0.15, 0.2) is 415 Å². The van der Waals surface area contributed by atoms with Crippen molar-refractivity contribution in [2.24, 2.45) is 14.1 Å². The minimum Gasteiger partial charge on any atom is -1.00 e. The van der Waals surface area contributed by atoms with E-state index in [9.17, 15) is 40.9 Å². The normalized spacial score (nSPS) is 11.2. The van der Waals surface area contributed by atoms with E-state index in [1.165, 1.54) is 49.7 Å². The molecule has 0 aliphatic rings. The lowest BCUT2D eigenvalue weighted by Gasteiger charge is -2.14. The van der Waals surface area contributed by atoms with Crippen molar-refractivity contribution in [1.82, 2.24) is 15.0 Å². The summed E-state index contributed by atoms with van der Waals surface area (Å²) >= 11 is 0. The largest absolute Gasteiger partial charge is 1.00 e. The van der Waals surface area contributed by atoms with Crippen LogP contribution in [0, 0.1) is 35.1 Å². The molecule has 7 aromatic heterocycles. The lowest BCUT2D eigenvalue weighted by Crippen LogP contribution is -3.00. The van der Waals surface area contributed by atoms with E-state index in [1.54, 1.807) is 0 Å². The van der Waals surface area contributed by atoms with Crippen LogP contribution in [0.2, 0.25) is 0 Å². The molecule has 7 heterocycles. The maximum Gasteiger partial charge on any atom is 0.216 e. The predicted molar refractivity (Wildman–Crippen MR) is 601 cm³/mol. The third-order valence-electron chi connectivity index (χ3n) is 28.2. The first kappa shape index (κ1) is 103. The lowest BCUT2D eigenvalue weighted by molar-refractivity contribution is -0.665. The Labute approximate surface area is 883 Å². The third-order valence-corrected chi connectivity index (χ3v) is 28.2. The first-order chi connectivity index (χ1) is 71.9. The number of benzene rings is 17. The average molecular weight is 2070 g/mol. The monoisotopic (exact) mass is 2070 g/mol. The number of para-hydroxylation sites is 4. The van der Waals surface area contributed by atoms with E-state index < -0.39 is 0 Å². The predicted octanol–water partition coefficient (Wildman–Crippen LogP) is 25.1. The van der Waals surface area contributed by atoms with Gasteiger partial charge in [0.15, 0.2) is 11.4 Å². The molecule has 8 N–H and O–H groups in total. The first-order valence-corrected chi connectivity index (χ1v) is 49.4. The van der Waals surface area contributed by atoms with Crippen molar-refractivity contribution in [2.75, 3.05) is 0 Å². The molecule has 0 radical (unpaired) electrons. The first-order valence-electron chi connectivity index (χ1n) is 49.4. The van der Waals surface area contributed by atoms with Crippen molar-refractivity contribution in [2.45, 2.75) is 87.0 Å². The minimum absolute atomic E-state index is 0. The summed E-state index contributed by atoms with van der Waals surface area (Å²) in [6.45, 7) is 7.34. The number of hydrogen-bond donors (Lipinski definition) is 8. The van der Waals surface area contributed by atoms with Crippen LogP contribution in [0.5, 0.6) is 0 Å². The molecule has 149 heavy (non-hydrogen) atoms. The van der Waals surface area contributed by atoms with E-state index in [-0.39, 0.29) is 84.3 Å². The molecule has 24 rings (SSSR count). The standard InChI is InChI=1S/C31H28NO2.C30H25NO2.C25H22NO3.C24H19NO3.C22H17N.CH3.HI/c1-21-30-17-29(20-34)28(19-33)16-26(30)18-31(32(21)2)27-14-24(22-9-5-3-6-10-22)13-25(15-27)23-11-7-4-8-12-23;1-20-29-16-28(19-33)27(18-32)15-25(29)17-30(31-20)26-13-23(21-8-4-2-5-9-21)12-24(14-26)22-10-6-3-7-11-22;1-15-22-11-18(14-28)17(13-27)10-16(22)12-23(26(15)2)21-8-5-7-20-19-6-3-4-9-24(19)29-25(20)21;1-14-21-10-17(13-27)16(12-26)9-15(21)11-22(25-14)20-7-4-6-19-18-5-2-3-8-23(18)28-24(19)20;1-2-7-17(8-3-1)13-18-9-6-12-20(14-18)22-15-19-10-4-5-11-21(19)16-23-22;;/h3-18,33-34H,19-20H2,1-2H3;2-17,32-33H,18-19H2,1H3;3-12,27-28H,13-14H2,1-2H3;2-11,26-27H,12-13H2,1H3;1-12,14-16H,13H2;1H3;1H/q+1;;+1;;;-1;/p-1. The molecule has 24 aromatic rings. The highest BCUT2D eigenvalue weighted by molar-refractivity contribution is 6.11. The maximum atomic E-state index is 9.83. The van der Waals surface area contributed by atoms with Crippen molar-refractivity contribution in [1.29, 1.82) is 0 Å². The summed E-state index contributed by atoms with van der Waals surface area (Å²) in [5, 5.41) is 92.6. The van der Waals surface area contributed by atoms with E-state index in [0.29, 0.717) is 0 Å². The molecule has 16 heteroatoms. The Morgan fingerprint density at radius 1 is 0.235 bits per heavy atom. The zero-order chi connectivity index (χ0) is 101. The Morgan fingerprint density at radius 2 is 0.557 bits per heavy atom. The molecule has 0 unspecified atom stereocenters. The van der Waals surface area contributed by atoms with Gasteiger partial charge in [-0.2, -0.15) is 9.13 Å². The molecule has 0 aliphatic heterocycles. The molecule has 0 saturated heterocycles. The van der Waals surface area contributed by atoms with Crippen LogP contribution < -0.4 is 33.1 Å². The van der Waals surface area contributed by atoms with Crippen molar-refractivity contribution in [3.05, 3.63) is 492 Å². The number of furan rings is 2. The quantitative estimate of drug-likeness (QED) is 0.0214. The molecule has 0 bridgehead atoms. The Hall–Kier alpha value is -16.2. The van der Waals surface area contributed by atoms with E-state index in [1.807, 2.05) is 161 Å².